The van der Waals surface area contributed by atoms with Crippen molar-refractivity contribution in [1.82, 2.24) is 0 Å². The Balaban J connectivity index is 2.54. The molecular weight excluding hydrogens is 729 g/mol. The van der Waals surface area contributed by atoms with Crippen molar-refractivity contribution in [3.05, 3.63) is 48.6 Å². The minimum absolute atomic E-state index is 0.112. The smallest absolute Gasteiger partial charge is 0.306 e. The molecule has 0 aromatic heterocycles. The van der Waals surface area contributed by atoms with Crippen LogP contribution in [0.25, 0.3) is 0 Å². The van der Waals surface area contributed by atoms with Crippen LogP contribution in [0.1, 0.15) is 149 Å². The molecule has 0 amide bonds. The van der Waals surface area contributed by atoms with E-state index in [0.29, 0.717) is 12.8 Å². The molecule has 0 aromatic rings. The number of unbranched alkanes of at least 4 members (excludes halogenated alkanes) is 13. The third-order valence-corrected chi connectivity index (χ3v) is 9.88. The lowest BCUT2D eigenvalue weighted by Crippen LogP contribution is -2.60. The number of aliphatic hydroxyl groups excluding tert-OH is 3. The normalized spacial score (nSPS) is 21.3. The van der Waals surface area contributed by atoms with E-state index in [1.807, 2.05) is 0 Å². The van der Waals surface area contributed by atoms with Crippen LogP contribution in [0.2, 0.25) is 0 Å². The van der Waals surface area contributed by atoms with Crippen LogP contribution in [0, 0.1) is 0 Å². The molecule has 1 fully saturated rings. The van der Waals surface area contributed by atoms with Crippen LogP contribution in [-0.4, -0.2) is 96.0 Å². The molecule has 4 N–H and O–H groups in total. The first-order valence-corrected chi connectivity index (χ1v) is 22.3. The SMILES string of the molecule is CCCCC/C=C/C/C=C/C/C=C/CCCCC(=O)O[C@H](COC(=O)CCCCCCC/C=C/CCCCC)CO[C@H]1O[C@H](CS(=O)(=O)O)[C@@H](O)C(O)C1O. The lowest BCUT2D eigenvalue weighted by molar-refractivity contribution is -0.297. The highest BCUT2D eigenvalue weighted by Gasteiger charge is 2.46. The summed E-state index contributed by atoms with van der Waals surface area (Å²) in [5.74, 6) is -2.05. The molecule has 318 valence electrons. The van der Waals surface area contributed by atoms with Gasteiger partial charge >= 0.3 is 11.9 Å². The molecule has 0 bridgehead atoms. The Labute approximate surface area is 331 Å². The zero-order valence-corrected chi connectivity index (χ0v) is 34.3. The fourth-order valence-corrected chi connectivity index (χ4v) is 6.54. The van der Waals surface area contributed by atoms with Crippen molar-refractivity contribution >= 4 is 22.1 Å². The number of aliphatic hydroxyl groups is 3. The van der Waals surface area contributed by atoms with Crippen molar-refractivity contribution in [1.29, 1.82) is 0 Å². The Kier molecular flexibility index (Phi) is 30.1. The maximum absolute atomic E-state index is 12.7. The zero-order valence-electron chi connectivity index (χ0n) is 33.5. The minimum Gasteiger partial charge on any atom is -0.462 e. The van der Waals surface area contributed by atoms with E-state index < -0.39 is 71.2 Å². The van der Waals surface area contributed by atoms with Crippen molar-refractivity contribution in [2.75, 3.05) is 19.0 Å². The topological polar surface area (TPSA) is 186 Å². The highest BCUT2D eigenvalue weighted by atomic mass is 32.2. The van der Waals surface area contributed by atoms with Gasteiger partial charge < -0.3 is 34.3 Å². The number of allylic oxidation sites excluding steroid dienone is 8. The van der Waals surface area contributed by atoms with Gasteiger partial charge in [0.15, 0.2) is 12.4 Å². The predicted molar refractivity (Wildman–Crippen MR) is 215 cm³/mol. The average Bonchev–Trinajstić information content (AvgIpc) is 3.14. The third-order valence-electron chi connectivity index (χ3n) is 9.13. The van der Waals surface area contributed by atoms with Crippen LogP contribution in [0.5, 0.6) is 0 Å². The number of carbonyl (C=O) groups excluding carboxylic acids is 2. The molecule has 2 unspecified atom stereocenters. The van der Waals surface area contributed by atoms with Crippen molar-refractivity contribution in [3.8, 4) is 0 Å². The molecule has 1 aliphatic rings. The van der Waals surface area contributed by atoms with Gasteiger partial charge in [0.1, 0.15) is 36.8 Å². The molecule has 0 aliphatic carbocycles. The van der Waals surface area contributed by atoms with E-state index in [0.717, 1.165) is 70.6 Å². The van der Waals surface area contributed by atoms with Crippen molar-refractivity contribution < 1.29 is 56.8 Å². The van der Waals surface area contributed by atoms with Gasteiger partial charge in [0.25, 0.3) is 10.1 Å². The first-order valence-electron chi connectivity index (χ1n) is 20.7. The second-order valence-corrected chi connectivity index (χ2v) is 15.8. The summed E-state index contributed by atoms with van der Waals surface area (Å²) in [5.41, 5.74) is 0. The number of ether oxygens (including phenoxy) is 4. The van der Waals surface area contributed by atoms with E-state index in [1.165, 1.54) is 38.5 Å². The van der Waals surface area contributed by atoms with Gasteiger partial charge in [-0.15, -0.1) is 0 Å². The highest BCUT2D eigenvalue weighted by Crippen LogP contribution is 2.24. The summed E-state index contributed by atoms with van der Waals surface area (Å²) >= 11 is 0. The summed E-state index contributed by atoms with van der Waals surface area (Å²) in [4.78, 5) is 25.3. The lowest BCUT2D eigenvalue weighted by Gasteiger charge is -2.40. The van der Waals surface area contributed by atoms with Crippen LogP contribution < -0.4 is 0 Å². The molecule has 12 nitrogen and oxygen atoms in total. The molecule has 1 saturated heterocycles. The highest BCUT2D eigenvalue weighted by molar-refractivity contribution is 7.85. The third kappa shape index (κ3) is 27.8. The molecule has 13 heteroatoms. The first-order chi connectivity index (χ1) is 26.5. The molecule has 1 heterocycles. The zero-order chi connectivity index (χ0) is 40.6. The fraction of sp³-hybridized carbons (Fsp3) is 0.762. The van der Waals surface area contributed by atoms with Crippen LogP contribution in [0.3, 0.4) is 0 Å². The summed E-state index contributed by atoms with van der Waals surface area (Å²) in [6, 6.07) is 0. The van der Waals surface area contributed by atoms with Crippen LogP contribution >= 0.6 is 0 Å². The molecule has 55 heavy (non-hydrogen) atoms. The van der Waals surface area contributed by atoms with Gasteiger partial charge in [0.2, 0.25) is 0 Å². The number of hydrogen-bond donors (Lipinski definition) is 4. The Bertz CT molecular complexity index is 1210. The average molecular weight is 801 g/mol. The summed E-state index contributed by atoms with van der Waals surface area (Å²) in [7, 11) is -4.61. The second kappa shape index (κ2) is 32.7. The number of hydrogen-bond acceptors (Lipinski definition) is 11. The van der Waals surface area contributed by atoms with E-state index in [-0.39, 0.29) is 19.4 Å². The fourth-order valence-electron chi connectivity index (χ4n) is 5.85. The van der Waals surface area contributed by atoms with E-state index >= 15 is 0 Å². The Morgan fingerprint density at radius 1 is 0.618 bits per heavy atom. The van der Waals surface area contributed by atoms with Crippen molar-refractivity contribution in [3.63, 3.8) is 0 Å². The summed E-state index contributed by atoms with van der Waals surface area (Å²) in [6.07, 6.45) is 27.4. The predicted octanol–water partition coefficient (Wildman–Crippen LogP) is 7.61. The van der Waals surface area contributed by atoms with E-state index in [4.69, 9.17) is 18.9 Å². The standard InChI is InChI=1S/C42H72O12S/c1-3-5-7-9-11-13-15-17-18-19-21-23-25-27-29-31-38(44)53-35(33-52-42-41(47)40(46)39(45)36(54-42)34-55(48,49)50)32-51-37(43)30-28-26-24-22-20-16-14-12-10-8-6-4-2/h11-14,17-18,21,23,35-36,39-42,45-47H,3-10,15-16,19-20,22,24-34H2,1-2H3,(H,48,49,50)/b13-11+,14-12+,18-17+,23-21+/t35-,36-,39-,40?,41?,42+/m1/s1. The van der Waals surface area contributed by atoms with Crippen LogP contribution in [0.4, 0.5) is 0 Å². The Morgan fingerprint density at radius 2 is 1.09 bits per heavy atom. The van der Waals surface area contributed by atoms with E-state index in [9.17, 15) is 37.9 Å². The lowest BCUT2D eigenvalue weighted by atomic mass is 10.00. The quantitative estimate of drug-likeness (QED) is 0.0221. The monoisotopic (exact) mass is 800 g/mol. The molecule has 0 aromatic carbocycles. The summed E-state index contributed by atoms with van der Waals surface area (Å²) in [6.45, 7) is 3.64. The van der Waals surface area contributed by atoms with Gasteiger partial charge in [0.05, 0.1) is 6.61 Å². The van der Waals surface area contributed by atoms with E-state index in [1.54, 1.807) is 0 Å². The minimum atomic E-state index is -4.61. The first kappa shape index (κ1) is 50.6. The van der Waals surface area contributed by atoms with Gasteiger partial charge in [-0.3, -0.25) is 14.1 Å². The molecule has 0 saturated carbocycles. The molecule has 0 spiro atoms. The maximum Gasteiger partial charge on any atom is 0.306 e. The summed E-state index contributed by atoms with van der Waals surface area (Å²) in [5, 5.41) is 30.8. The number of carbonyl (C=O) groups is 2. The number of rotatable bonds is 33. The van der Waals surface area contributed by atoms with Gasteiger partial charge in [-0.25, -0.2) is 0 Å². The number of esters is 2. The molecular formula is C42H72O12S. The second-order valence-electron chi connectivity index (χ2n) is 14.3. The van der Waals surface area contributed by atoms with Crippen LogP contribution in [-0.2, 0) is 38.7 Å². The Morgan fingerprint density at radius 3 is 1.67 bits per heavy atom. The van der Waals surface area contributed by atoms with Gasteiger partial charge in [-0.2, -0.15) is 8.42 Å². The van der Waals surface area contributed by atoms with Crippen molar-refractivity contribution in [2.24, 2.45) is 0 Å². The van der Waals surface area contributed by atoms with Gasteiger partial charge in [0, 0.05) is 12.8 Å². The maximum atomic E-state index is 12.7. The molecule has 0 radical (unpaired) electrons. The molecule has 1 aliphatic heterocycles. The summed E-state index contributed by atoms with van der Waals surface area (Å²) < 4.78 is 53.8. The van der Waals surface area contributed by atoms with Crippen molar-refractivity contribution in [2.45, 2.75) is 185 Å². The van der Waals surface area contributed by atoms with Gasteiger partial charge in [-0.1, -0.05) is 107 Å². The van der Waals surface area contributed by atoms with Crippen LogP contribution in [0.15, 0.2) is 48.6 Å². The Hall–Kier alpha value is -2.39. The molecule has 1 rings (SSSR count). The van der Waals surface area contributed by atoms with Gasteiger partial charge in [-0.05, 0) is 77.0 Å². The molecule has 6 atom stereocenters. The van der Waals surface area contributed by atoms with E-state index in [2.05, 4.69) is 62.5 Å². The largest absolute Gasteiger partial charge is 0.462 e.